The van der Waals surface area contributed by atoms with Gasteiger partial charge in [-0.2, -0.15) is 0 Å². The first-order valence-electron chi connectivity index (χ1n) is 11.0. The highest BCUT2D eigenvalue weighted by molar-refractivity contribution is 6.30. The zero-order chi connectivity index (χ0) is 19.9. The van der Waals surface area contributed by atoms with E-state index < -0.39 is 0 Å². The highest BCUT2D eigenvalue weighted by Gasteiger charge is 2.25. The molecule has 2 atom stereocenters. The predicted molar refractivity (Wildman–Crippen MR) is 116 cm³/mol. The summed E-state index contributed by atoms with van der Waals surface area (Å²) in [6.07, 6.45) is 4.31. The van der Waals surface area contributed by atoms with Gasteiger partial charge in [-0.15, -0.1) is 0 Å². The number of hydrogen-bond donors (Lipinski definition) is 1. The molecular formula is C23H36ClN3O. The van der Waals surface area contributed by atoms with E-state index in [0.29, 0.717) is 0 Å². The fraction of sp³-hybridized carbons (Fsp3) is 0.696. The number of piperidine rings is 2. The summed E-state index contributed by atoms with van der Waals surface area (Å²) in [7, 11) is 0. The molecule has 0 aromatic heterocycles. The van der Waals surface area contributed by atoms with Crippen molar-refractivity contribution < 1.29 is 4.79 Å². The number of amides is 1. The van der Waals surface area contributed by atoms with Crippen molar-refractivity contribution >= 4 is 17.5 Å². The quantitative estimate of drug-likeness (QED) is 0.695. The Morgan fingerprint density at radius 2 is 1.86 bits per heavy atom. The van der Waals surface area contributed by atoms with E-state index >= 15 is 0 Å². The van der Waals surface area contributed by atoms with Gasteiger partial charge in [-0.25, -0.2) is 0 Å². The summed E-state index contributed by atoms with van der Waals surface area (Å²) in [5.41, 5.74) is 1.25. The second-order valence-corrected chi connectivity index (χ2v) is 9.47. The minimum Gasteiger partial charge on any atom is -0.356 e. The maximum atomic E-state index is 12.5. The van der Waals surface area contributed by atoms with Crippen LogP contribution in [0.4, 0.5) is 0 Å². The molecule has 2 fully saturated rings. The fourth-order valence-corrected chi connectivity index (χ4v) is 5.09. The topological polar surface area (TPSA) is 35.6 Å². The summed E-state index contributed by atoms with van der Waals surface area (Å²) < 4.78 is 0. The average Bonchev–Trinajstić information content (AvgIpc) is 2.65. The number of carbonyl (C=O) groups is 1. The molecule has 2 aliphatic heterocycles. The first-order valence-corrected chi connectivity index (χ1v) is 11.3. The maximum Gasteiger partial charge on any atom is 0.223 e. The smallest absolute Gasteiger partial charge is 0.223 e. The molecule has 2 saturated heterocycles. The molecule has 5 heteroatoms. The van der Waals surface area contributed by atoms with Gasteiger partial charge < -0.3 is 10.2 Å². The summed E-state index contributed by atoms with van der Waals surface area (Å²) >= 11 is 6.08. The molecule has 0 saturated carbocycles. The Balaban J connectivity index is 1.30. The van der Waals surface area contributed by atoms with Gasteiger partial charge in [0.05, 0.1) is 0 Å². The van der Waals surface area contributed by atoms with Gasteiger partial charge in [-0.3, -0.25) is 9.69 Å². The van der Waals surface area contributed by atoms with Crippen molar-refractivity contribution in [1.82, 2.24) is 15.1 Å². The average molecular weight is 406 g/mol. The molecule has 4 nitrogen and oxygen atoms in total. The molecule has 0 radical (unpaired) electrons. The van der Waals surface area contributed by atoms with Crippen molar-refractivity contribution in [3.05, 3.63) is 34.9 Å². The van der Waals surface area contributed by atoms with Gasteiger partial charge in [0.2, 0.25) is 5.91 Å². The number of likely N-dealkylation sites (tertiary alicyclic amines) is 2. The van der Waals surface area contributed by atoms with Gasteiger partial charge in [0.1, 0.15) is 0 Å². The largest absolute Gasteiger partial charge is 0.356 e. The SMILES string of the molecule is C[C@H]1C[C@H](C)CN(CCCNC(=O)C2CCN(Cc3cccc(Cl)c3)CC2)C1. The first kappa shape index (κ1) is 21.6. The second kappa shape index (κ2) is 10.6. The van der Waals surface area contributed by atoms with Crippen LogP contribution in [-0.4, -0.2) is 55.0 Å². The van der Waals surface area contributed by atoms with Crippen LogP contribution in [0.15, 0.2) is 24.3 Å². The van der Waals surface area contributed by atoms with E-state index in [4.69, 9.17) is 11.6 Å². The van der Waals surface area contributed by atoms with E-state index in [2.05, 4.69) is 35.0 Å². The van der Waals surface area contributed by atoms with Gasteiger partial charge in [0.25, 0.3) is 0 Å². The molecule has 28 heavy (non-hydrogen) atoms. The molecular weight excluding hydrogens is 370 g/mol. The summed E-state index contributed by atoms with van der Waals surface area (Å²) in [5, 5.41) is 3.98. The zero-order valence-electron chi connectivity index (χ0n) is 17.5. The Kier molecular flexibility index (Phi) is 8.19. The number of carbonyl (C=O) groups excluding carboxylic acids is 1. The van der Waals surface area contributed by atoms with Crippen molar-refractivity contribution in [3.8, 4) is 0 Å². The van der Waals surface area contributed by atoms with Gasteiger partial charge in [0.15, 0.2) is 0 Å². The molecule has 0 aliphatic carbocycles. The van der Waals surface area contributed by atoms with E-state index in [9.17, 15) is 4.79 Å². The van der Waals surface area contributed by atoms with Gasteiger partial charge >= 0.3 is 0 Å². The number of nitrogens with one attached hydrogen (secondary N) is 1. The second-order valence-electron chi connectivity index (χ2n) is 9.03. The lowest BCUT2D eigenvalue weighted by atomic mass is 9.92. The van der Waals surface area contributed by atoms with E-state index in [1.165, 1.54) is 25.1 Å². The van der Waals surface area contributed by atoms with Crippen LogP contribution in [0.1, 0.15) is 45.1 Å². The lowest BCUT2D eigenvalue weighted by molar-refractivity contribution is -0.126. The molecule has 3 rings (SSSR count). The highest BCUT2D eigenvalue weighted by Crippen LogP contribution is 2.22. The van der Waals surface area contributed by atoms with Crippen LogP contribution in [0.3, 0.4) is 0 Å². The Morgan fingerprint density at radius 3 is 2.54 bits per heavy atom. The Bertz CT molecular complexity index is 620. The molecule has 1 amide bonds. The normalized spacial score (nSPS) is 25.0. The number of rotatable bonds is 7. The van der Waals surface area contributed by atoms with E-state index in [1.54, 1.807) is 0 Å². The lowest BCUT2D eigenvalue weighted by Gasteiger charge is -2.35. The van der Waals surface area contributed by atoms with Crippen LogP contribution in [0.5, 0.6) is 0 Å². The highest BCUT2D eigenvalue weighted by atomic mass is 35.5. The Hall–Kier alpha value is -1.10. The molecule has 156 valence electrons. The Labute approximate surface area is 175 Å². The Morgan fingerprint density at radius 1 is 1.14 bits per heavy atom. The monoisotopic (exact) mass is 405 g/mol. The number of hydrogen-bond acceptors (Lipinski definition) is 3. The molecule has 1 N–H and O–H groups in total. The number of benzene rings is 1. The van der Waals surface area contributed by atoms with Gasteiger partial charge in [-0.05, 0) is 74.8 Å². The molecule has 1 aromatic carbocycles. The van der Waals surface area contributed by atoms with Crippen molar-refractivity contribution in [3.63, 3.8) is 0 Å². The fourth-order valence-electron chi connectivity index (χ4n) is 4.88. The molecule has 0 spiro atoms. The predicted octanol–water partition coefficient (Wildman–Crippen LogP) is 4.04. The summed E-state index contributed by atoms with van der Waals surface area (Å²) in [6.45, 7) is 11.9. The molecule has 2 heterocycles. The minimum absolute atomic E-state index is 0.172. The van der Waals surface area contributed by atoms with Crippen molar-refractivity contribution in [2.75, 3.05) is 39.3 Å². The summed E-state index contributed by atoms with van der Waals surface area (Å²) in [4.78, 5) is 17.5. The van der Waals surface area contributed by atoms with Crippen molar-refractivity contribution in [1.29, 1.82) is 0 Å². The number of halogens is 1. The van der Waals surface area contributed by atoms with Gasteiger partial charge in [0, 0.05) is 37.1 Å². The third-order valence-electron chi connectivity index (χ3n) is 6.15. The lowest BCUT2D eigenvalue weighted by Crippen LogP contribution is -2.42. The van der Waals surface area contributed by atoms with Crippen molar-refractivity contribution in [2.24, 2.45) is 17.8 Å². The zero-order valence-corrected chi connectivity index (χ0v) is 18.3. The van der Waals surface area contributed by atoms with Crippen LogP contribution >= 0.6 is 11.6 Å². The first-order chi connectivity index (χ1) is 13.5. The summed E-state index contributed by atoms with van der Waals surface area (Å²) in [6, 6.07) is 8.07. The van der Waals surface area contributed by atoms with Crippen LogP contribution in [0, 0.1) is 17.8 Å². The minimum atomic E-state index is 0.172. The standard InChI is InChI=1S/C23H36ClN3O/c1-18-13-19(2)16-27(15-18)10-4-9-25-23(28)21-7-11-26(12-8-21)17-20-5-3-6-22(24)14-20/h3,5-6,14,18-19,21H,4,7-13,15-17H2,1-2H3,(H,25,28)/t18-,19-/m0/s1. The summed E-state index contributed by atoms with van der Waals surface area (Å²) in [5.74, 6) is 2.03. The molecule has 0 bridgehead atoms. The van der Waals surface area contributed by atoms with Crippen LogP contribution in [-0.2, 0) is 11.3 Å². The third-order valence-corrected chi connectivity index (χ3v) is 6.38. The van der Waals surface area contributed by atoms with Crippen LogP contribution in [0.25, 0.3) is 0 Å². The molecule has 1 aromatic rings. The van der Waals surface area contributed by atoms with Crippen molar-refractivity contribution in [2.45, 2.75) is 46.1 Å². The number of nitrogens with zero attached hydrogens (tertiary/aromatic N) is 2. The third kappa shape index (κ3) is 6.75. The maximum absolute atomic E-state index is 12.5. The van der Waals surface area contributed by atoms with Crippen LogP contribution in [0.2, 0.25) is 5.02 Å². The molecule has 2 aliphatic rings. The van der Waals surface area contributed by atoms with Crippen LogP contribution < -0.4 is 5.32 Å². The van der Waals surface area contributed by atoms with E-state index in [1.807, 2.05) is 18.2 Å². The van der Waals surface area contributed by atoms with E-state index in [-0.39, 0.29) is 11.8 Å². The molecule has 0 unspecified atom stereocenters. The van der Waals surface area contributed by atoms with E-state index in [0.717, 1.165) is 68.8 Å². The van der Waals surface area contributed by atoms with Gasteiger partial charge in [-0.1, -0.05) is 37.6 Å².